The first-order valence-electron chi connectivity index (χ1n) is 7.22. The first-order chi connectivity index (χ1) is 9.13. The van der Waals surface area contributed by atoms with E-state index < -0.39 is 0 Å². The molecule has 1 fully saturated rings. The quantitative estimate of drug-likeness (QED) is 0.906. The summed E-state index contributed by atoms with van der Waals surface area (Å²) < 4.78 is 5.58. The summed E-state index contributed by atoms with van der Waals surface area (Å²) in [5.74, 6) is 1.57. The fourth-order valence-electron chi connectivity index (χ4n) is 2.76. The first-order valence-corrected chi connectivity index (χ1v) is 7.22. The molecule has 0 amide bonds. The molecule has 0 bridgehead atoms. The molecule has 1 saturated heterocycles. The van der Waals surface area contributed by atoms with Crippen molar-refractivity contribution in [2.45, 2.75) is 32.2 Å². The second-order valence-corrected chi connectivity index (χ2v) is 5.69. The van der Waals surface area contributed by atoms with Crippen LogP contribution in [0.4, 0.5) is 0 Å². The summed E-state index contributed by atoms with van der Waals surface area (Å²) in [7, 11) is 3.97. The second kappa shape index (κ2) is 6.40. The van der Waals surface area contributed by atoms with Crippen LogP contribution in [-0.4, -0.2) is 38.7 Å². The van der Waals surface area contributed by atoms with Gasteiger partial charge in [-0.05, 0) is 37.6 Å². The van der Waals surface area contributed by atoms with Gasteiger partial charge in [-0.3, -0.25) is 4.90 Å². The fourth-order valence-corrected chi connectivity index (χ4v) is 2.76. The van der Waals surface area contributed by atoms with E-state index in [0.717, 1.165) is 31.8 Å². The number of ether oxygens (including phenoxy) is 1. The minimum absolute atomic E-state index is 0.448. The average molecular weight is 262 g/mol. The summed E-state index contributed by atoms with van der Waals surface area (Å²) in [6.07, 6.45) is 1.13. The number of hydrogen-bond acceptors (Lipinski definition) is 3. The highest BCUT2D eigenvalue weighted by atomic mass is 16.5. The van der Waals surface area contributed by atoms with Crippen molar-refractivity contribution >= 4 is 0 Å². The minimum atomic E-state index is 0.448. The van der Waals surface area contributed by atoms with Gasteiger partial charge >= 0.3 is 0 Å². The maximum Gasteiger partial charge on any atom is 0.123 e. The number of benzene rings is 1. The van der Waals surface area contributed by atoms with E-state index >= 15 is 0 Å². The predicted molar refractivity (Wildman–Crippen MR) is 79.9 cm³/mol. The van der Waals surface area contributed by atoms with E-state index in [0.29, 0.717) is 12.0 Å². The fraction of sp³-hybridized carbons (Fsp3) is 0.625. The van der Waals surface area contributed by atoms with Gasteiger partial charge in [0.15, 0.2) is 0 Å². The van der Waals surface area contributed by atoms with Crippen LogP contribution in [-0.2, 0) is 0 Å². The lowest BCUT2D eigenvalue weighted by atomic mass is 9.95. The average Bonchev–Trinajstić information content (AvgIpc) is 2.62. The highest BCUT2D eigenvalue weighted by Gasteiger charge is 2.22. The highest BCUT2D eigenvalue weighted by molar-refractivity contribution is 5.40. The van der Waals surface area contributed by atoms with E-state index in [-0.39, 0.29) is 0 Å². The molecule has 3 nitrogen and oxygen atoms in total. The first kappa shape index (κ1) is 14.4. The van der Waals surface area contributed by atoms with Crippen LogP contribution in [0.15, 0.2) is 18.2 Å². The lowest BCUT2D eigenvalue weighted by Gasteiger charge is -2.28. The Bertz CT molecular complexity index is 417. The Morgan fingerprint density at radius 2 is 2.11 bits per heavy atom. The van der Waals surface area contributed by atoms with Crippen molar-refractivity contribution < 1.29 is 4.74 Å². The van der Waals surface area contributed by atoms with E-state index in [1.54, 1.807) is 7.11 Å². The van der Waals surface area contributed by atoms with Crippen LogP contribution in [0, 0.1) is 0 Å². The SMILES string of the molecule is COc1ccc(C(C)C)cc1C1CCNCCN1C. The maximum atomic E-state index is 5.58. The molecule has 0 aliphatic carbocycles. The van der Waals surface area contributed by atoms with Crippen LogP contribution in [0.1, 0.15) is 43.4 Å². The Labute approximate surface area is 116 Å². The van der Waals surface area contributed by atoms with Crippen LogP contribution < -0.4 is 10.1 Å². The summed E-state index contributed by atoms with van der Waals surface area (Å²) in [6.45, 7) is 7.71. The highest BCUT2D eigenvalue weighted by Crippen LogP contribution is 2.34. The van der Waals surface area contributed by atoms with Gasteiger partial charge in [0.05, 0.1) is 7.11 Å². The third-order valence-electron chi connectivity index (χ3n) is 4.05. The van der Waals surface area contributed by atoms with Gasteiger partial charge < -0.3 is 10.1 Å². The zero-order valence-electron chi connectivity index (χ0n) is 12.6. The monoisotopic (exact) mass is 262 g/mol. The van der Waals surface area contributed by atoms with E-state index in [1.165, 1.54) is 11.1 Å². The molecule has 1 atom stereocenters. The van der Waals surface area contributed by atoms with E-state index in [2.05, 4.69) is 49.3 Å². The molecule has 106 valence electrons. The Kier molecular flexibility index (Phi) is 4.83. The van der Waals surface area contributed by atoms with Crippen molar-refractivity contribution in [3.63, 3.8) is 0 Å². The minimum Gasteiger partial charge on any atom is -0.496 e. The molecular formula is C16H26N2O. The van der Waals surface area contributed by atoms with Crippen LogP contribution >= 0.6 is 0 Å². The standard InChI is InChI=1S/C16H26N2O/c1-12(2)13-5-6-16(19-4)14(11-13)15-7-8-17-9-10-18(15)3/h5-6,11-12,15,17H,7-10H2,1-4H3. The number of hydrogen-bond donors (Lipinski definition) is 1. The zero-order chi connectivity index (χ0) is 13.8. The predicted octanol–water partition coefficient (Wildman–Crippen LogP) is 2.78. The van der Waals surface area contributed by atoms with E-state index in [1.807, 2.05) is 0 Å². The smallest absolute Gasteiger partial charge is 0.123 e. The van der Waals surface area contributed by atoms with Crippen molar-refractivity contribution in [3.05, 3.63) is 29.3 Å². The van der Waals surface area contributed by atoms with Gasteiger partial charge in [0, 0.05) is 24.7 Å². The Balaban J connectivity index is 2.36. The molecule has 1 aliphatic heterocycles. The van der Waals surface area contributed by atoms with E-state index in [4.69, 9.17) is 4.74 Å². The molecule has 0 aromatic heterocycles. The molecule has 19 heavy (non-hydrogen) atoms. The van der Waals surface area contributed by atoms with Crippen molar-refractivity contribution in [3.8, 4) is 5.75 Å². The largest absolute Gasteiger partial charge is 0.496 e. The van der Waals surface area contributed by atoms with Crippen molar-refractivity contribution in [2.75, 3.05) is 33.8 Å². The van der Waals surface area contributed by atoms with Gasteiger partial charge in [0.1, 0.15) is 5.75 Å². The number of nitrogens with one attached hydrogen (secondary N) is 1. The molecule has 2 rings (SSSR count). The lowest BCUT2D eigenvalue weighted by molar-refractivity contribution is 0.251. The van der Waals surface area contributed by atoms with Gasteiger partial charge in [0.2, 0.25) is 0 Å². The molecule has 1 aromatic rings. The molecular weight excluding hydrogens is 236 g/mol. The Morgan fingerprint density at radius 3 is 2.79 bits per heavy atom. The van der Waals surface area contributed by atoms with Crippen molar-refractivity contribution in [1.82, 2.24) is 10.2 Å². The van der Waals surface area contributed by atoms with Gasteiger partial charge in [0.25, 0.3) is 0 Å². The van der Waals surface area contributed by atoms with Crippen LogP contribution in [0.2, 0.25) is 0 Å². The van der Waals surface area contributed by atoms with Crippen molar-refractivity contribution in [1.29, 1.82) is 0 Å². The summed E-state index contributed by atoms with van der Waals surface area (Å²) in [5.41, 5.74) is 2.72. The molecule has 1 N–H and O–H groups in total. The third-order valence-corrected chi connectivity index (χ3v) is 4.05. The Hall–Kier alpha value is -1.06. The summed E-state index contributed by atoms with van der Waals surface area (Å²) in [6, 6.07) is 7.08. The molecule has 0 saturated carbocycles. The molecule has 1 aromatic carbocycles. The topological polar surface area (TPSA) is 24.5 Å². The summed E-state index contributed by atoms with van der Waals surface area (Å²) >= 11 is 0. The number of rotatable bonds is 3. The lowest BCUT2D eigenvalue weighted by Crippen LogP contribution is -2.27. The van der Waals surface area contributed by atoms with E-state index in [9.17, 15) is 0 Å². The molecule has 1 unspecified atom stereocenters. The number of likely N-dealkylation sites (N-methyl/N-ethyl adjacent to an activating group) is 1. The second-order valence-electron chi connectivity index (χ2n) is 5.69. The molecule has 3 heteroatoms. The van der Waals surface area contributed by atoms with Gasteiger partial charge in [-0.2, -0.15) is 0 Å². The molecule has 1 heterocycles. The van der Waals surface area contributed by atoms with Crippen LogP contribution in [0.3, 0.4) is 0 Å². The Morgan fingerprint density at radius 1 is 1.32 bits per heavy atom. The normalized spacial score (nSPS) is 21.4. The number of nitrogens with zero attached hydrogens (tertiary/aromatic N) is 1. The summed E-state index contributed by atoms with van der Waals surface area (Å²) in [4.78, 5) is 2.43. The van der Waals surface area contributed by atoms with Gasteiger partial charge in [-0.15, -0.1) is 0 Å². The summed E-state index contributed by atoms with van der Waals surface area (Å²) in [5, 5.41) is 3.47. The number of methoxy groups -OCH3 is 1. The molecule has 1 aliphatic rings. The zero-order valence-corrected chi connectivity index (χ0v) is 12.6. The molecule has 0 spiro atoms. The van der Waals surface area contributed by atoms with Crippen molar-refractivity contribution in [2.24, 2.45) is 0 Å². The van der Waals surface area contributed by atoms with Crippen LogP contribution in [0.5, 0.6) is 5.75 Å². The molecule has 0 radical (unpaired) electrons. The maximum absolute atomic E-state index is 5.58. The van der Waals surface area contributed by atoms with Gasteiger partial charge in [-0.25, -0.2) is 0 Å². The van der Waals surface area contributed by atoms with Gasteiger partial charge in [-0.1, -0.05) is 26.0 Å². The van der Waals surface area contributed by atoms with Crippen LogP contribution in [0.25, 0.3) is 0 Å². The third kappa shape index (κ3) is 3.28.